The molecule has 1 unspecified atom stereocenters. The van der Waals surface area contributed by atoms with Gasteiger partial charge in [-0.2, -0.15) is 0 Å². The number of benzene rings is 1. The second-order valence-corrected chi connectivity index (χ2v) is 4.75. The van der Waals surface area contributed by atoms with E-state index >= 15 is 0 Å². The maximum atomic E-state index is 5.97. The molecule has 0 spiro atoms. The minimum absolute atomic E-state index is 0.163. The number of nitrogens with zero attached hydrogens (tertiary/aromatic N) is 2. The van der Waals surface area contributed by atoms with Crippen LogP contribution in [0.3, 0.4) is 0 Å². The Labute approximate surface area is 117 Å². The maximum Gasteiger partial charge on any atom is 0.0951 e. The largest absolute Gasteiger partial charge is 0.397 e. The second-order valence-electron chi connectivity index (χ2n) is 4.75. The lowest BCUT2D eigenvalue weighted by Crippen LogP contribution is -2.07. The lowest BCUT2D eigenvalue weighted by Gasteiger charge is -2.17. The van der Waals surface area contributed by atoms with E-state index in [0.29, 0.717) is 5.69 Å². The SMILES string of the molecule is CC(Nc1ccnc2c(N)cccc12)c1cccnc1. The van der Waals surface area contributed by atoms with Crippen molar-refractivity contribution in [1.29, 1.82) is 0 Å². The fourth-order valence-electron chi connectivity index (χ4n) is 2.27. The molecule has 0 radical (unpaired) electrons. The highest BCUT2D eigenvalue weighted by molar-refractivity contribution is 5.97. The van der Waals surface area contributed by atoms with Gasteiger partial charge in [-0.15, -0.1) is 0 Å². The van der Waals surface area contributed by atoms with E-state index in [2.05, 4.69) is 28.3 Å². The van der Waals surface area contributed by atoms with Crippen molar-refractivity contribution in [3.63, 3.8) is 0 Å². The highest BCUT2D eigenvalue weighted by Gasteiger charge is 2.09. The summed E-state index contributed by atoms with van der Waals surface area (Å²) in [5.74, 6) is 0. The van der Waals surface area contributed by atoms with Crippen molar-refractivity contribution in [2.45, 2.75) is 13.0 Å². The number of hydrogen-bond acceptors (Lipinski definition) is 4. The molecule has 0 aliphatic rings. The number of fused-ring (bicyclic) bond motifs is 1. The van der Waals surface area contributed by atoms with E-state index in [4.69, 9.17) is 5.73 Å². The van der Waals surface area contributed by atoms with Crippen LogP contribution >= 0.6 is 0 Å². The van der Waals surface area contributed by atoms with Crippen molar-refractivity contribution in [2.24, 2.45) is 0 Å². The fraction of sp³-hybridized carbons (Fsp3) is 0.125. The minimum atomic E-state index is 0.163. The third-order valence-corrected chi connectivity index (χ3v) is 3.36. The van der Waals surface area contributed by atoms with Crippen molar-refractivity contribution >= 4 is 22.3 Å². The van der Waals surface area contributed by atoms with Crippen molar-refractivity contribution in [1.82, 2.24) is 9.97 Å². The predicted molar refractivity (Wildman–Crippen MR) is 82.4 cm³/mol. The van der Waals surface area contributed by atoms with Gasteiger partial charge in [0.25, 0.3) is 0 Å². The van der Waals surface area contributed by atoms with Gasteiger partial charge in [-0.05, 0) is 30.7 Å². The number of nitrogens with two attached hydrogens (primary N) is 1. The summed E-state index contributed by atoms with van der Waals surface area (Å²) < 4.78 is 0. The van der Waals surface area contributed by atoms with Gasteiger partial charge in [0.1, 0.15) is 0 Å². The fourth-order valence-corrected chi connectivity index (χ4v) is 2.27. The quantitative estimate of drug-likeness (QED) is 0.712. The number of rotatable bonds is 3. The molecule has 4 nitrogen and oxygen atoms in total. The average Bonchev–Trinajstić information content (AvgIpc) is 2.49. The molecule has 0 bridgehead atoms. The second kappa shape index (κ2) is 5.17. The van der Waals surface area contributed by atoms with Crippen molar-refractivity contribution < 1.29 is 0 Å². The third-order valence-electron chi connectivity index (χ3n) is 3.36. The van der Waals surface area contributed by atoms with Gasteiger partial charge in [-0.3, -0.25) is 9.97 Å². The highest BCUT2D eigenvalue weighted by Crippen LogP contribution is 2.28. The number of para-hydroxylation sites is 1. The number of anilines is 2. The van der Waals surface area contributed by atoms with E-state index in [1.54, 1.807) is 12.4 Å². The molecule has 0 saturated heterocycles. The zero-order valence-electron chi connectivity index (χ0n) is 11.2. The van der Waals surface area contributed by atoms with Crippen LogP contribution in [0.1, 0.15) is 18.5 Å². The van der Waals surface area contributed by atoms with Gasteiger partial charge in [0.05, 0.1) is 17.2 Å². The molecule has 2 heterocycles. The van der Waals surface area contributed by atoms with E-state index in [0.717, 1.165) is 22.2 Å². The molecule has 0 amide bonds. The first-order chi connectivity index (χ1) is 9.75. The number of pyridine rings is 2. The molecule has 4 heteroatoms. The van der Waals surface area contributed by atoms with Crippen LogP contribution in [-0.2, 0) is 0 Å². The first-order valence-electron chi connectivity index (χ1n) is 6.55. The van der Waals surface area contributed by atoms with E-state index in [-0.39, 0.29) is 6.04 Å². The molecule has 100 valence electrons. The predicted octanol–water partition coefficient (Wildman–Crippen LogP) is 3.39. The van der Waals surface area contributed by atoms with Crippen LogP contribution in [-0.4, -0.2) is 9.97 Å². The van der Waals surface area contributed by atoms with Crippen LogP contribution in [0.2, 0.25) is 0 Å². The Morgan fingerprint density at radius 3 is 2.80 bits per heavy atom. The lowest BCUT2D eigenvalue weighted by molar-refractivity contribution is 0.877. The van der Waals surface area contributed by atoms with Crippen molar-refractivity contribution in [3.05, 3.63) is 60.6 Å². The van der Waals surface area contributed by atoms with Crippen molar-refractivity contribution in [2.75, 3.05) is 11.1 Å². The normalized spacial score (nSPS) is 12.2. The molecule has 0 aliphatic heterocycles. The van der Waals surface area contributed by atoms with Crippen LogP contribution < -0.4 is 11.1 Å². The standard InChI is InChI=1S/C16H16N4/c1-11(12-4-3-8-18-10-12)20-15-7-9-19-16-13(15)5-2-6-14(16)17/h2-11H,17H2,1H3,(H,19,20). The smallest absolute Gasteiger partial charge is 0.0951 e. The maximum absolute atomic E-state index is 5.97. The molecule has 0 aliphatic carbocycles. The highest BCUT2D eigenvalue weighted by atomic mass is 14.9. The molecule has 1 aromatic carbocycles. The summed E-state index contributed by atoms with van der Waals surface area (Å²) in [4.78, 5) is 8.50. The molecule has 2 aromatic heterocycles. The number of aromatic nitrogens is 2. The van der Waals surface area contributed by atoms with Crippen LogP contribution in [0.5, 0.6) is 0 Å². The van der Waals surface area contributed by atoms with Crippen LogP contribution in [0.4, 0.5) is 11.4 Å². The zero-order chi connectivity index (χ0) is 13.9. The number of nitrogens with one attached hydrogen (secondary N) is 1. The number of hydrogen-bond donors (Lipinski definition) is 2. The van der Waals surface area contributed by atoms with Crippen LogP contribution in [0.25, 0.3) is 10.9 Å². The number of nitrogen functional groups attached to an aromatic ring is 1. The minimum Gasteiger partial charge on any atom is -0.397 e. The average molecular weight is 264 g/mol. The molecule has 3 N–H and O–H groups in total. The molecule has 3 aromatic rings. The van der Waals surface area contributed by atoms with Gasteiger partial charge in [0.2, 0.25) is 0 Å². The molecule has 0 fully saturated rings. The Hall–Kier alpha value is -2.62. The Balaban J connectivity index is 1.97. The Kier molecular flexibility index (Phi) is 3.21. The zero-order valence-corrected chi connectivity index (χ0v) is 11.2. The molecule has 3 rings (SSSR count). The van der Waals surface area contributed by atoms with E-state index < -0.39 is 0 Å². The summed E-state index contributed by atoms with van der Waals surface area (Å²) >= 11 is 0. The summed E-state index contributed by atoms with van der Waals surface area (Å²) in [6, 6.07) is 12.0. The first kappa shape index (κ1) is 12.4. The molecular weight excluding hydrogens is 248 g/mol. The summed E-state index contributed by atoms with van der Waals surface area (Å²) in [6.07, 6.45) is 5.42. The third kappa shape index (κ3) is 2.28. The van der Waals surface area contributed by atoms with E-state index in [1.165, 1.54) is 0 Å². The summed E-state index contributed by atoms with van der Waals surface area (Å²) in [6.45, 7) is 2.11. The first-order valence-corrected chi connectivity index (χ1v) is 6.55. The molecular formula is C16H16N4. The van der Waals surface area contributed by atoms with Crippen LogP contribution in [0, 0.1) is 0 Å². The molecule has 1 atom stereocenters. The lowest BCUT2D eigenvalue weighted by atomic mass is 10.1. The monoisotopic (exact) mass is 264 g/mol. The molecule has 20 heavy (non-hydrogen) atoms. The van der Waals surface area contributed by atoms with Crippen molar-refractivity contribution in [3.8, 4) is 0 Å². The Bertz CT molecular complexity index is 725. The summed E-state index contributed by atoms with van der Waals surface area (Å²) in [5, 5.41) is 4.52. The van der Waals surface area contributed by atoms with Gasteiger partial charge in [-0.1, -0.05) is 18.2 Å². The summed E-state index contributed by atoms with van der Waals surface area (Å²) in [7, 11) is 0. The van der Waals surface area contributed by atoms with Gasteiger partial charge in [-0.25, -0.2) is 0 Å². The van der Waals surface area contributed by atoms with Gasteiger partial charge in [0, 0.05) is 29.7 Å². The van der Waals surface area contributed by atoms with Gasteiger partial charge >= 0.3 is 0 Å². The Morgan fingerprint density at radius 2 is 2.00 bits per heavy atom. The Morgan fingerprint density at radius 1 is 1.10 bits per heavy atom. The van der Waals surface area contributed by atoms with Gasteiger partial charge < -0.3 is 11.1 Å². The summed E-state index contributed by atoms with van der Waals surface area (Å²) in [5.41, 5.74) is 9.66. The van der Waals surface area contributed by atoms with Gasteiger partial charge in [0.15, 0.2) is 0 Å². The van der Waals surface area contributed by atoms with E-state index in [9.17, 15) is 0 Å². The van der Waals surface area contributed by atoms with E-state index in [1.807, 2.05) is 36.5 Å². The van der Waals surface area contributed by atoms with Crippen LogP contribution in [0.15, 0.2) is 55.0 Å². The molecule has 0 saturated carbocycles. The topological polar surface area (TPSA) is 63.8 Å².